The quantitative estimate of drug-likeness (QED) is 0.145. The predicted molar refractivity (Wildman–Crippen MR) is 172 cm³/mol. The summed E-state index contributed by atoms with van der Waals surface area (Å²) in [5.74, 6) is 0.814. The van der Waals surface area contributed by atoms with Crippen LogP contribution in [0.2, 0.25) is 0 Å². The fourth-order valence-electron chi connectivity index (χ4n) is 6.44. The van der Waals surface area contributed by atoms with E-state index in [1.165, 1.54) is 36.3 Å². The highest BCUT2D eigenvalue weighted by Gasteiger charge is 2.24. The molecule has 5 rings (SSSR count). The van der Waals surface area contributed by atoms with E-state index < -0.39 is 5.97 Å². The van der Waals surface area contributed by atoms with E-state index in [1.54, 1.807) is 10.6 Å². The van der Waals surface area contributed by atoms with E-state index in [9.17, 15) is 14.4 Å². The molecule has 11 heteroatoms. The van der Waals surface area contributed by atoms with Crippen LogP contribution >= 0.6 is 0 Å². The second-order valence-corrected chi connectivity index (χ2v) is 12.2. The van der Waals surface area contributed by atoms with Crippen LogP contribution in [0.15, 0.2) is 39.9 Å². The number of hydrogen-bond acceptors (Lipinski definition) is 8. The summed E-state index contributed by atoms with van der Waals surface area (Å²) in [6.45, 7) is 2.41. The Balaban J connectivity index is 1.28. The topological polar surface area (TPSA) is 138 Å². The lowest BCUT2D eigenvalue weighted by Gasteiger charge is -2.24. The number of fused-ring (bicyclic) bond motifs is 1. The number of benzene rings is 1. The highest BCUT2D eigenvalue weighted by Crippen LogP contribution is 2.27. The molecule has 2 heterocycles. The van der Waals surface area contributed by atoms with Gasteiger partial charge in [0.25, 0.3) is 5.56 Å². The number of aliphatic hydroxyl groups excluding tert-OH is 1. The number of aromatic nitrogens is 4. The molecule has 0 spiro atoms. The van der Waals surface area contributed by atoms with Crippen LogP contribution in [0.25, 0.3) is 28.6 Å². The van der Waals surface area contributed by atoms with E-state index in [1.807, 2.05) is 24.3 Å². The van der Waals surface area contributed by atoms with Crippen molar-refractivity contribution in [2.75, 3.05) is 39.6 Å². The summed E-state index contributed by atoms with van der Waals surface area (Å²) < 4.78 is 18.8. The molecule has 45 heavy (non-hydrogen) atoms. The van der Waals surface area contributed by atoms with Crippen molar-refractivity contribution >= 4 is 23.2 Å². The Morgan fingerprint density at radius 3 is 2.09 bits per heavy atom. The first-order chi connectivity index (χ1) is 22.0. The lowest BCUT2D eigenvalue weighted by molar-refractivity contribution is -0.139. The number of H-pyrrole nitrogens is 1. The maximum absolute atomic E-state index is 13.8. The number of nitrogens with one attached hydrogen (secondary N) is 1. The van der Waals surface area contributed by atoms with Gasteiger partial charge < -0.3 is 24.3 Å². The Morgan fingerprint density at radius 2 is 1.44 bits per heavy atom. The smallest absolute Gasteiger partial charge is 0.332 e. The number of aromatic amines is 1. The molecule has 0 bridgehead atoms. The van der Waals surface area contributed by atoms with Crippen LogP contribution in [0.4, 0.5) is 0 Å². The Labute approximate surface area is 263 Å². The van der Waals surface area contributed by atoms with Crippen LogP contribution in [-0.2, 0) is 32.1 Å². The van der Waals surface area contributed by atoms with E-state index in [-0.39, 0.29) is 37.7 Å². The van der Waals surface area contributed by atoms with Crippen LogP contribution in [0, 0.1) is 11.8 Å². The first kappa shape index (κ1) is 32.8. The highest BCUT2D eigenvalue weighted by molar-refractivity contribution is 5.87. The third kappa shape index (κ3) is 9.02. The van der Waals surface area contributed by atoms with Crippen LogP contribution in [0.5, 0.6) is 0 Å². The monoisotopic (exact) mass is 622 g/mol. The fourth-order valence-corrected chi connectivity index (χ4v) is 6.44. The SMILES string of the molecule is O=C(/C=C/c1ccc(-c2nc3c(=O)n(CC4CCCCC4)c(=O)n(CC4CCCCC4)c3[nH]2)cc1)OCCOCCOCCO. The summed E-state index contributed by atoms with van der Waals surface area (Å²) in [7, 11) is 0. The minimum atomic E-state index is -0.475. The predicted octanol–water partition coefficient (Wildman–Crippen LogP) is 4.30. The molecule has 0 radical (unpaired) electrons. The Kier molecular flexibility index (Phi) is 12.2. The minimum absolute atomic E-state index is 0.0289. The van der Waals surface area contributed by atoms with E-state index in [2.05, 4.69) is 4.98 Å². The molecule has 0 unspecified atom stereocenters. The number of ether oxygens (including phenoxy) is 3. The van der Waals surface area contributed by atoms with Crippen molar-refractivity contribution in [1.29, 1.82) is 0 Å². The number of hydrogen-bond donors (Lipinski definition) is 2. The lowest BCUT2D eigenvalue weighted by Crippen LogP contribution is -2.42. The van der Waals surface area contributed by atoms with Crippen molar-refractivity contribution in [1.82, 2.24) is 19.1 Å². The van der Waals surface area contributed by atoms with Gasteiger partial charge >= 0.3 is 11.7 Å². The van der Waals surface area contributed by atoms with Gasteiger partial charge in [-0.2, -0.15) is 0 Å². The number of carbonyl (C=O) groups excluding carboxylic acids is 1. The van der Waals surface area contributed by atoms with Gasteiger partial charge in [-0.15, -0.1) is 0 Å². The van der Waals surface area contributed by atoms with Gasteiger partial charge in [-0.1, -0.05) is 62.8 Å². The number of rotatable bonds is 15. The summed E-state index contributed by atoms with van der Waals surface area (Å²) >= 11 is 0. The van der Waals surface area contributed by atoms with Crippen LogP contribution < -0.4 is 11.2 Å². The van der Waals surface area contributed by atoms with E-state index >= 15 is 0 Å². The maximum Gasteiger partial charge on any atom is 0.332 e. The van der Waals surface area contributed by atoms with Crippen molar-refractivity contribution in [3.05, 3.63) is 56.7 Å². The van der Waals surface area contributed by atoms with Gasteiger partial charge in [-0.25, -0.2) is 14.6 Å². The third-order valence-electron chi connectivity index (χ3n) is 8.87. The molecule has 0 amide bonds. The number of imidazole rings is 1. The molecule has 2 aliphatic carbocycles. The van der Waals surface area contributed by atoms with Crippen molar-refractivity contribution in [2.45, 2.75) is 77.3 Å². The van der Waals surface area contributed by atoms with Crippen molar-refractivity contribution < 1.29 is 24.1 Å². The molecule has 1 aromatic carbocycles. The zero-order valence-corrected chi connectivity index (χ0v) is 26.1. The van der Waals surface area contributed by atoms with Crippen molar-refractivity contribution in [3.63, 3.8) is 0 Å². The van der Waals surface area contributed by atoms with Gasteiger partial charge in [0.2, 0.25) is 0 Å². The average Bonchev–Trinajstić information content (AvgIpc) is 3.52. The van der Waals surface area contributed by atoms with Crippen LogP contribution in [0.1, 0.15) is 69.8 Å². The van der Waals surface area contributed by atoms with Gasteiger partial charge in [0, 0.05) is 24.7 Å². The molecule has 2 aromatic heterocycles. The second-order valence-electron chi connectivity index (χ2n) is 12.2. The largest absolute Gasteiger partial charge is 0.460 e. The number of aliphatic hydroxyl groups is 1. The first-order valence-corrected chi connectivity index (χ1v) is 16.5. The van der Waals surface area contributed by atoms with Crippen molar-refractivity contribution in [3.8, 4) is 11.4 Å². The summed E-state index contributed by atoms with van der Waals surface area (Å²) in [6, 6.07) is 7.47. The van der Waals surface area contributed by atoms with Crippen LogP contribution in [0.3, 0.4) is 0 Å². The molecule has 3 aromatic rings. The summed E-state index contributed by atoms with van der Waals surface area (Å²) in [5, 5.41) is 8.66. The van der Waals surface area contributed by atoms with Gasteiger partial charge in [0.15, 0.2) is 5.52 Å². The van der Waals surface area contributed by atoms with E-state index in [0.717, 1.165) is 49.7 Å². The molecule has 0 saturated heterocycles. The van der Waals surface area contributed by atoms with Crippen molar-refractivity contribution in [2.24, 2.45) is 11.8 Å². The van der Waals surface area contributed by atoms with Gasteiger partial charge in [-0.3, -0.25) is 13.9 Å². The molecule has 244 valence electrons. The summed E-state index contributed by atoms with van der Waals surface area (Å²) in [4.78, 5) is 47.6. The molecule has 0 aliphatic heterocycles. The van der Waals surface area contributed by atoms with E-state index in [0.29, 0.717) is 55.1 Å². The molecular weight excluding hydrogens is 576 g/mol. The normalized spacial score (nSPS) is 16.6. The Morgan fingerprint density at radius 1 is 0.844 bits per heavy atom. The second kappa shape index (κ2) is 16.7. The maximum atomic E-state index is 13.8. The number of carbonyl (C=O) groups is 1. The average molecular weight is 623 g/mol. The molecule has 11 nitrogen and oxygen atoms in total. The number of esters is 1. The molecule has 0 atom stereocenters. The third-order valence-corrected chi connectivity index (χ3v) is 8.87. The molecule has 2 saturated carbocycles. The van der Waals surface area contributed by atoms with Crippen LogP contribution in [-0.4, -0.2) is 69.8 Å². The number of nitrogens with zero attached hydrogens (tertiary/aromatic N) is 3. The van der Waals surface area contributed by atoms with Gasteiger partial charge in [0.1, 0.15) is 18.1 Å². The zero-order valence-electron chi connectivity index (χ0n) is 26.1. The van der Waals surface area contributed by atoms with Gasteiger partial charge in [-0.05, 0) is 49.2 Å². The molecular formula is C34H46N4O7. The fraction of sp³-hybridized carbons (Fsp3) is 0.588. The van der Waals surface area contributed by atoms with Gasteiger partial charge in [0.05, 0.1) is 33.0 Å². The Hall–Kier alpha value is -3.54. The lowest BCUT2D eigenvalue weighted by atomic mass is 9.89. The standard InChI is InChI=1S/C34H46N4O7/c39-17-18-43-19-20-44-21-22-45-29(40)16-13-25-11-14-28(15-12-25)31-35-30-32(36-31)37(23-26-7-3-1-4-8-26)34(42)38(33(30)41)24-27-9-5-2-6-10-27/h11-16,26-27,39H,1-10,17-24H2,(H,35,36)/b16-13+. The Bertz CT molecular complexity index is 1530. The first-order valence-electron chi connectivity index (χ1n) is 16.5. The molecule has 2 N–H and O–H groups in total. The minimum Gasteiger partial charge on any atom is -0.460 e. The summed E-state index contributed by atoms with van der Waals surface area (Å²) in [5.41, 5.74) is 1.84. The molecule has 2 aliphatic rings. The van der Waals surface area contributed by atoms with E-state index in [4.69, 9.17) is 24.3 Å². The summed E-state index contributed by atoms with van der Waals surface area (Å²) in [6.07, 6.45) is 14.4. The highest BCUT2D eigenvalue weighted by atomic mass is 16.6. The zero-order chi connectivity index (χ0) is 31.4. The molecule has 2 fully saturated rings.